The Kier molecular flexibility index (Phi) is 3.56. The highest BCUT2D eigenvalue weighted by Gasteiger charge is 2.37. The summed E-state index contributed by atoms with van der Waals surface area (Å²) in [6, 6.07) is 3.80. The Morgan fingerprint density at radius 2 is 2.18 bits per heavy atom. The Bertz CT molecular complexity index is 689. The van der Waals surface area contributed by atoms with Crippen molar-refractivity contribution in [3.8, 4) is 0 Å². The predicted molar refractivity (Wildman–Crippen MR) is 84.6 cm³/mol. The van der Waals surface area contributed by atoms with Gasteiger partial charge in [0.2, 0.25) is 0 Å². The number of nitrogens with zero attached hydrogens (tertiary/aromatic N) is 2. The molecule has 0 aromatic carbocycles. The van der Waals surface area contributed by atoms with E-state index in [1.54, 1.807) is 11.1 Å². The molecule has 1 aliphatic rings. The van der Waals surface area contributed by atoms with Crippen LogP contribution in [0.1, 0.15) is 32.4 Å². The molecule has 0 aliphatic carbocycles. The van der Waals surface area contributed by atoms with Crippen LogP contribution in [0, 0.1) is 0 Å². The molecule has 6 heteroatoms. The van der Waals surface area contributed by atoms with E-state index in [2.05, 4.69) is 9.97 Å². The number of carbonyl (C=O) groups is 1. The summed E-state index contributed by atoms with van der Waals surface area (Å²) in [5, 5.41) is 1.06. The van der Waals surface area contributed by atoms with Crippen LogP contribution in [0.2, 0.25) is 0 Å². The molecule has 0 spiro atoms. The Hall–Kier alpha value is -2.08. The molecule has 1 aliphatic heterocycles. The highest BCUT2D eigenvalue weighted by Crippen LogP contribution is 2.30. The van der Waals surface area contributed by atoms with E-state index < -0.39 is 5.60 Å². The Labute approximate surface area is 129 Å². The van der Waals surface area contributed by atoms with E-state index in [4.69, 9.17) is 10.5 Å². The molecule has 1 amide bonds. The summed E-state index contributed by atoms with van der Waals surface area (Å²) in [5.41, 5.74) is 7.74. The first-order valence-corrected chi connectivity index (χ1v) is 7.50. The molecule has 0 saturated carbocycles. The zero-order valence-electron chi connectivity index (χ0n) is 13.2. The lowest BCUT2D eigenvalue weighted by atomic mass is 9.97. The van der Waals surface area contributed by atoms with Crippen LogP contribution in [0.4, 0.5) is 4.79 Å². The van der Waals surface area contributed by atoms with Crippen molar-refractivity contribution in [2.45, 2.75) is 38.3 Å². The average Bonchev–Trinajstić information content (AvgIpc) is 3.02. The summed E-state index contributed by atoms with van der Waals surface area (Å²) in [6.07, 6.45) is 3.35. The van der Waals surface area contributed by atoms with E-state index >= 15 is 0 Å². The van der Waals surface area contributed by atoms with Gasteiger partial charge in [-0.05, 0) is 32.9 Å². The zero-order valence-corrected chi connectivity index (χ0v) is 13.2. The SMILES string of the molecule is CC(C)(C)OC(=O)N1C[C@H](N)[C@H](c2nccc3[nH]ccc23)C1. The second-order valence-corrected chi connectivity index (χ2v) is 6.79. The van der Waals surface area contributed by atoms with Crippen LogP contribution in [0.25, 0.3) is 10.9 Å². The number of H-pyrrole nitrogens is 1. The first kappa shape index (κ1) is 14.8. The molecule has 2 atom stereocenters. The topological polar surface area (TPSA) is 84.2 Å². The van der Waals surface area contributed by atoms with Crippen molar-refractivity contribution >= 4 is 17.0 Å². The third-order valence-electron chi connectivity index (χ3n) is 3.88. The number of aromatic nitrogens is 2. The van der Waals surface area contributed by atoms with Crippen LogP contribution in [0.5, 0.6) is 0 Å². The van der Waals surface area contributed by atoms with Crippen molar-refractivity contribution in [3.05, 3.63) is 30.2 Å². The number of ether oxygens (including phenoxy) is 1. The van der Waals surface area contributed by atoms with Crippen molar-refractivity contribution in [1.82, 2.24) is 14.9 Å². The van der Waals surface area contributed by atoms with Crippen LogP contribution >= 0.6 is 0 Å². The van der Waals surface area contributed by atoms with Crippen molar-refractivity contribution in [3.63, 3.8) is 0 Å². The minimum absolute atomic E-state index is 0.0204. The molecule has 3 heterocycles. The molecule has 2 aromatic heterocycles. The molecule has 3 rings (SSSR count). The van der Waals surface area contributed by atoms with E-state index in [1.807, 2.05) is 39.1 Å². The summed E-state index contributed by atoms with van der Waals surface area (Å²) < 4.78 is 5.43. The molecule has 1 saturated heterocycles. The van der Waals surface area contributed by atoms with Crippen molar-refractivity contribution in [2.24, 2.45) is 5.73 Å². The standard InChI is InChI=1S/C16H22N4O2/c1-16(2,3)22-15(21)20-8-11(12(17)9-20)14-10-4-6-18-13(10)5-7-19-14/h4-7,11-12,18H,8-9,17H2,1-3H3/t11-,12+/m1/s1. The molecular formula is C16H22N4O2. The number of likely N-dealkylation sites (tertiary alicyclic amines) is 1. The van der Waals surface area contributed by atoms with E-state index in [0.717, 1.165) is 16.6 Å². The number of aromatic amines is 1. The molecule has 0 radical (unpaired) electrons. The molecule has 6 nitrogen and oxygen atoms in total. The van der Waals surface area contributed by atoms with Gasteiger partial charge in [-0.2, -0.15) is 0 Å². The number of nitrogens with two attached hydrogens (primary N) is 1. The van der Waals surface area contributed by atoms with Crippen LogP contribution in [-0.4, -0.2) is 45.7 Å². The van der Waals surface area contributed by atoms with Crippen LogP contribution in [0.3, 0.4) is 0 Å². The zero-order chi connectivity index (χ0) is 15.9. The van der Waals surface area contributed by atoms with E-state index in [-0.39, 0.29) is 18.1 Å². The second-order valence-electron chi connectivity index (χ2n) is 6.79. The lowest BCUT2D eigenvalue weighted by Crippen LogP contribution is -2.36. The normalized spacial score (nSPS) is 22.3. The number of nitrogens with one attached hydrogen (secondary N) is 1. The number of amides is 1. The molecule has 118 valence electrons. The van der Waals surface area contributed by atoms with Gasteiger partial charge in [0.05, 0.1) is 5.69 Å². The van der Waals surface area contributed by atoms with Gasteiger partial charge in [-0.3, -0.25) is 4.98 Å². The van der Waals surface area contributed by atoms with E-state index in [9.17, 15) is 4.79 Å². The third-order valence-corrected chi connectivity index (χ3v) is 3.88. The maximum absolute atomic E-state index is 12.2. The third kappa shape index (κ3) is 2.78. The van der Waals surface area contributed by atoms with Gasteiger partial charge in [-0.25, -0.2) is 4.79 Å². The van der Waals surface area contributed by atoms with Crippen LogP contribution < -0.4 is 5.73 Å². The van der Waals surface area contributed by atoms with Gasteiger partial charge >= 0.3 is 6.09 Å². The van der Waals surface area contributed by atoms with Crippen molar-refractivity contribution in [2.75, 3.05) is 13.1 Å². The fourth-order valence-electron chi connectivity index (χ4n) is 2.89. The molecular weight excluding hydrogens is 280 g/mol. The van der Waals surface area contributed by atoms with Crippen LogP contribution in [0.15, 0.2) is 24.5 Å². The average molecular weight is 302 g/mol. The summed E-state index contributed by atoms with van der Waals surface area (Å²) in [6.45, 7) is 6.61. The quantitative estimate of drug-likeness (QED) is 0.846. The van der Waals surface area contributed by atoms with Crippen molar-refractivity contribution in [1.29, 1.82) is 0 Å². The van der Waals surface area contributed by atoms with Gasteiger partial charge in [0.15, 0.2) is 0 Å². The van der Waals surface area contributed by atoms with Crippen LogP contribution in [-0.2, 0) is 4.74 Å². The first-order chi connectivity index (χ1) is 10.3. The minimum atomic E-state index is -0.502. The highest BCUT2D eigenvalue weighted by atomic mass is 16.6. The molecule has 0 bridgehead atoms. The van der Waals surface area contributed by atoms with Gasteiger partial charge in [0.25, 0.3) is 0 Å². The Morgan fingerprint density at radius 1 is 1.41 bits per heavy atom. The van der Waals surface area contributed by atoms with Gasteiger partial charge in [0, 0.05) is 48.3 Å². The number of pyridine rings is 1. The smallest absolute Gasteiger partial charge is 0.410 e. The van der Waals surface area contributed by atoms with Crippen molar-refractivity contribution < 1.29 is 9.53 Å². The van der Waals surface area contributed by atoms with Gasteiger partial charge < -0.3 is 20.4 Å². The molecule has 0 unspecified atom stereocenters. The maximum Gasteiger partial charge on any atom is 0.410 e. The van der Waals surface area contributed by atoms with Gasteiger partial charge in [0.1, 0.15) is 5.60 Å². The van der Waals surface area contributed by atoms with Gasteiger partial charge in [-0.15, -0.1) is 0 Å². The maximum atomic E-state index is 12.2. The fourth-order valence-corrected chi connectivity index (χ4v) is 2.89. The van der Waals surface area contributed by atoms with E-state index in [0.29, 0.717) is 13.1 Å². The Morgan fingerprint density at radius 3 is 2.91 bits per heavy atom. The molecule has 2 aromatic rings. The lowest BCUT2D eigenvalue weighted by molar-refractivity contribution is 0.0290. The minimum Gasteiger partial charge on any atom is -0.444 e. The fraction of sp³-hybridized carbons (Fsp3) is 0.500. The number of carbonyl (C=O) groups excluding carboxylic acids is 1. The predicted octanol–water partition coefficient (Wildman–Crippen LogP) is 2.22. The number of hydrogen-bond acceptors (Lipinski definition) is 4. The summed E-state index contributed by atoms with van der Waals surface area (Å²) >= 11 is 0. The summed E-state index contributed by atoms with van der Waals surface area (Å²) in [4.78, 5) is 21.6. The molecule has 3 N–H and O–H groups in total. The molecule has 1 fully saturated rings. The first-order valence-electron chi connectivity index (χ1n) is 7.50. The Balaban J connectivity index is 1.82. The number of rotatable bonds is 1. The second kappa shape index (κ2) is 5.28. The highest BCUT2D eigenvalue weighted by molar-refractivity contribution is 5.82. The lowest BCUT2D eigenvalue weighted by Gasteiger charge is -2.24. The molecule has 22 heavy (non-hydrogen) atoms. The van der Waals surface area contributed by atoms with Gasteiger partial charge in [-0.1, -0.05) is 0 Å². The summed E-state index contributed by atoms with van der Waals surface area (Å²) in [5.74, 6) is 0.0204. The van der Waals surface area contributed by atoms with E-state index in [1.165, 1.54) is 0 Å². The largest absolute Gasteiger partial charge is 0.444 e. The summed E-state index contributed by atoms with van der Waals surface area (Å²) in [7, 11) is 0. The number of fused-ring (bicyclic) bond motifs is 1. The monoisotopic (exact) mass is 302 g/mol. The number of hydrogen-bond donors (Lipinski definition) is 2.